The zero-order chi connectivity index (χ0) is 20.5. The first kappa shape index (κ1) is 19.0. The molecule has 8 nitrogen and oxygen atoms in total. The van der Waals surface area contributed by atoms with Gasteiger partial charge in [0.15, 0.2) is 0 Å². The van der Waals surface area contributed by atoms with Crippen molar-refractivity contribution in [3.63, 3.8) is 0 Å². The summed E-state index contributed by atoms with van der Waals surface area (Å²) in [4.78, 5) is 35.3. The number of hydrogen-bond donors (Lipinski definition) is 2. The van der Waals surface area contributed by atoms with Crippen LogP contribution in [0.4, 0.5) is 11.8 Å². The summed E-state index contributed by atoms with van der Waals surface area (Å²) < 4.78 is 5.19. The molecule has 150 valence electrons. The third kappa shape index (κ3) is 3.33. The van der Waals surface area contributed by atoms with E-state index in [1.807, 2.05) is 6.07 Å². The molecule has 3 unspecified atom stereocenters. The van der Waals surface area contributed by atoms with E-state index in [9.17, 15) is 14.9 Å². The van der Waals surface area contributed by atoms with Crippen molar-refractivity contribution < 1.29 is 9.53 Å². The normalized spacial score (nSPS) is 23.7. The number of ether oxygens (including phenoxy) is 1. The average Bonchev–Trinajstić information content (AvgIpc) is 2.73. The molecular formula is C21H23N5O3. The van der Waals surface area contributed by atoms with Crippen molar-refractivity contribution in [3.05, 3.63) is 45.7 Å². The summed E-state index contributed by atoms with van der Waals surface area (Å²) >= 11 is 0. The standard InChI is InChI=1S/C21H23N5O3/c1-12-5-3-4-10-26(12)21-24-18-17(20(28)25-21)16(15(11-22)19(27)23-18)13-6-8-14(29-2)9-7-13/h6-9,12,15-16H,3-5,10H2,1-2H3,(H2,23,24,25,27,28). The summed E-state index contributed by atoms with van der Waals surface area (Å²) in [7, 11) is 1.56. The third-order valence-electron chi connectivity index (χ3n) is 5.80. The van der Waals surface area contributed by atoms with Gasteiger partial charge in [0.1, 0.15) is 17.5 Å². The lowest BCUT2D eigenvalue weighted by molar-refractivity contribution is -0.119. The number of H-pyrrole nitrogens is 1. The van der Waals surface area contributed by atoms with Crippen LogP contribution < -0.4 is 20.5 Å². The van der Waals surface area contributed by atoms with Gasteiger partial charge in [-0.1, -0.05) is 12.1 Å². The highest BCUT2D eigenvalue weighted by Gasteiger charge is 2.40. The number of nitrogens with zero attached hydrogens (tertiary/aromatic N) is 3. The Hall–Kier alpha value is -3.34. The molecule has 2 aliphatic heterocycles. The van der Waals surface area contributed by atoms with Crippen molar-refractivity contribution in [2.45, 2.75) is 38.1 Å². The third-order valence-corrected chi connectivity index (χ3v) is 5.80. The average molecular weight is 393 g/mol. The first-order valence-corrected chi connectivity index (χ1v) is 9.78. The molecule has 8 heteroatoms. The van der Waals surface area contributed by atoms with E-state index in [1.54, 1.807) is 31.4 Å². The number of aromatic amines is 1. The lowest BCUT2D eigenvalue weighted by Gasteiger charge is -2.35. The van der Waals surface area contributed by atoms with Crippen molar-refractivity contribution in [1.29, 1.82) is 5.26 Å². The van der Waals surface area contributed by atoms with Crippen molar-refractivity contribution in [3.8, 4) is 11.8 Å². The minimum absolute atomic E-state index is 0.235. The summed E-state index contributed by atoms with van der Waals surface area (Å²) in [5.74, 6) is -0.804. The molecule has 3 heterocycles. The highest BCUT2D eigenvalue weighted by molar-refractivity contribution is 5.98. The van der Waals surface area contributed by atoms with Crippen molar-refractivity contribution in [2.75, 3.05) is 23.9 Å². The van der Waals surface area contributed by atoms with Crippen LogP contribution in [0, 0.1) is 17.2 Å². The molecule has 1 fully saturated rings. The van der Waals surface area contributed by atoms with Crippen LogP contribution in [0.15, 0.2) is 29.1 Å². The molecule has 0 radical (unpaired) electrons. The zero-order valence-electron chi connectivity index (χ0n) is 16.4. The highest BCUT2D eigenvalue weighted by atomic mass is 16.5. The molecule has 3 atom stereocenters. The van der Waals surface area contributed by atoms with E-state index in [1.165, 1.54) is 0 Å². The molecule has 2 N–H and O–H groups in total. The Morgan fingerprint density at radius 2 is 2.00 bits per heavy atom. The van der Waals surface area contributed by atoms with Gasteiger partial charge in [-0.05, 0) is 43.9 Å². The van der Waals surface area contributed by atoms with Crippen LogP contribution in [0.1, 0.15) is 43.2 Å². The van der Waals surface area contributed by atoms with Crippen LogP contribution in [0.2, 0.25) is 0 Å². The SMILES string of the molecule is COc1ccc(C2c3c(nc(N4CCCCC4C)[nH]c3=O)NC(=O)C2C#N)cc1. The number of amides is 1. The number of piperidine rings is 1. The second-order valence-corrected chi connectivity index (χ2v) is 7.54. The lowest BCUT2D eigenvalue weighted by Crippen LogP contribution is -2.42. The Kier molecular flexibility index (Phi) is 4.97. The monoisotopic (exact) mass is 393 g/mol. The summed E-state index contributed by atoms with van der Waals surface area (Å²) in [6.45, 7) is 2.91. The number of carbonyl (C=O) groups excluding carboxylic acids is 1. The highest BCUT2D eigenvalue weighted by Crippen LogP contribution is 2.38. The molecule has 0 spiro atoms. The molecule has 1 aromatic carbocycles. The molecule has 4 rings (SSSR count). The molecule has 0 aliphatic carbocycles. The van der Waals surface area contributed by atoms with Gasteiger partial charge in [-0.15, -0.1) is 0 Å². The number of hydrogen-bond acceptors (Lipinski definition) is 6. The van der Waals surface area contributed by atoms with E-state index in [0.717, 1.165) is 25.8 Å². The van der Waals surface area contributed by atoms with E-state index in [4.69, 9.17) is 4.74 Å². The Labute approximate surface area is 168 Å². The Morgan fingerprint density at radius 1 is 1.24 bits per heavy atom. The summed E-state index contributed by atoms with van der Waals surface area (Å²) in [6, 6.07) is 9.36. The Morgan fingerprint density at radius 3 is 2.66 bits per heavy atom. The Bertz CT molecular complexity index is 1020. The van der Waals surface area contributed by atoms with E-state index in [2.05, 4.69) is 27.1 Å². The predicted molar refractivity (Wildman–Crippen MR) is 108 cm³/mol. The summed E-state index contributed by atoms with van der Waals surface area (Å²) in [6.07, 6.45) is 3.20. The second kappa shape index (κ2) is 7.59. The number of rotatable bonds is 3. The fourth-order valence-corrected chi connectivity index (χ4v) is 4.22. The molecule has 1 saturated heterocycles. The number of benzene rings is 1. The number of nitrogens with one attached hydrogen (secondary N) is 2. The van der Waals surface area contributed by atoms with Gasteiger partial charge in [0.25, 0.3) is 5.56 Å². The molecular weight excluding hydrogens is 370 g/mol. The Balaban J connectivity index is 1.82. The van der Waals surface area contributed by atoms with Gasteiger partial charge < -0.3 is 15.0 Å². The molecule has 0 bridgehead atoms. The van der Waals surface area contributed by atoms with E-state index in [-0.39, 0.29) is 17.4 Å². The van der Waals surface area contributed by atoms with Gasteiger partial charge in [-0.25, -0.2) is 0 Å². The van der Waals surface area contributed by atoms with Crippen molar-refractivity contribution >= 4 is 17.7 Å². The molecule has 2 aliphatic rings. The van der Waals surface area contributed by atoms with E-state index in [0.29, 0.717) is 22.8 Å². The van der Waals surface area contributed by atoms with Crippen molar-refractivity contribution in [2.24, 2.45) is 5.92 Å². The van der Waals surface area contributed by atoms with Crippen molar-refractivity contribution in [1.82, 2.24) is 9.97 Å². The molecule has 1 aromatic heterocycles. The van der Waals surface area contributed by atoms with Crippen LogP contribution in [-0.2, 0) is 4.79 Å². The smallest absolute Gasteiger partial charge is 0.258 e. The molecule has 0 saturated carbocycles. The number of methoxy groups -OCH3 is 1. The maximum absolute atomic E-state index is 13.1. The van der Waals surface area contributed by atoms with Crippen LogP contribution in [0.25, 0.3) is 0 Å². The summed E-state index contributed by atoms with van der Waals surface area (Å²) in [5.41, 5.74) is 0.679. The van der Waals surface area contributed by atoms with Gasteiger partial charge in [-0.2, -0.15) is 10.2 Å². The van der Waals surface area contributed by atoms with Crippen LogP contribution in [0.3, 0.4) is 0 Å². The number of carbonyl (C=O) groups is 1. The largest absolute Gasteiger partial charge is 0.497 e. The number of fused-ring (bicyclic) bond motifs is 1. The fraction of sp³-hybridized carbons (Fsp3) is 0.429. The van der Waals surface area contributed by atoms with Gasteiger partial charge in [0.05, 0.1) is 18.7 Å². The first-order valence-electron chi connectivity index (χ1n) is 9.78. The minimum atomic E-state index is -1.02. The van der Waals surface area contributed by atoms with Crippen LogP contribution >= 0.6 is 0 Å². The second-order valence-electron chi connectivity index (χ2n) is 7.54. The maximum atomic E-state index is 13.1. The molecule has 1 amide bonds. The quantitative estimate of drug-likeness (QED) is 0.828. The maximum Gasteiger partial charge on any atom is 0.258 e. The fourth-order valence-electron chi connectivity index (χ4n) is 4.22. The number of nitriles is 1. The van der Waals surface area contributed by atoms with Gasteiger partial charge in [-0.3, -0.25) is 14.6 Å². The van der Waals surface area contributed by atoms with Gasteiger partial charge >= 0.3 is 0 Å². The number of anilines is 2. The van der Waals surface area contributed by atoms with E-state index >= 15 is 0 Å². The zero-order valence-corrected chi connectivity index (χ0v) is 16.4. The predicted octanol–water partition coefficient (Wildman–Crippen LogP) is 2.38. The van der Waals surface area contributed by atoms with E-state index < -0.39 is 17.7 Å². The first-order chi connectivity index (χ1) is 14.0. The molecule has 2 aromatic rings. The number of aromatic nitrogens is 2. The van der Waals surface area contributed by atoms with Gasteiger partial charge in [0, 0.05) is 18.5 Å². The lowest BCUT2D eigenvalue weighted by atomic mass is 9.79. The van der Waals surface area contributed by atoms with Crippen LogP contribution in [-0.4, -0.2) is 35.6 Å². The molecule has 29 heavy (non-hydrogen) atoms. The van der Waals surface area contributed by atoms with Gasteiger partial charge in [0.2, 0.25) is 11.9 Å². The summed E-state index contributed by atoms with van der Waals surface area (Å²) in [5, 5.41) is 12.3. The topological polar surface area (TPSA) is 111 Å². The minimum Gasteiger partial charge on any atom is -0.497 e. The van der Waals surface area contributed by atoms with Crippen LogP contribution in [0.5, 0.6) is 5.75 Å².